The molecule has 1 heterocycles. The average Bonchev–Trinajstić information content (AvgIpc) is 2.73. The van der Waals surface area contributed by atoms with Crippen molar-refractivity contribution in [2.45, 2.75) is 25.4 Å². The van der Waals surface area contributed by atoms with E-state index >= 15 is 0 Å². The summed E-state index contributed by atoms with van der Waals surface area (Å²) in [7, 11) is 4.02. The first-order valence-corrected chi connectivity index (χ1v) is 8.41. The fraction of sp³-hybridized carbons (Fsp3) is 0.588. The Morgan fingerprint density at radius 3 is 2.74 bits per heavy atom. The molecule has 1 aliphatic heterocycles. The number of carbonyl (C=O) groups excluding carboxylic acids is 1. The molecule has 0 aliphatic carbocycles. The molecule has 6 heteroatoms. The molecule has 1 saturated heterocycles. The molecule has 1 aromatic carbocycles. The summed E-state index contributed by atoms with van der Waals surface area (Å²) in [5.41, 5.74) is 1.13. The fourth-order valence-electron chi connectivity index (χ4n) is 2.77. The van der Waals surface area contributed by atoms with Crippen LogP contribution in [-0.2, 0) is 4.74 Å². The summed E-state index contributed by atoms with van der Waals surface area (Å²) in [6.07, 6.45) is 0.877. The molecular formula is C17H26ClN3O2. The quantitative estimate of drug-likeness (QED) is 0.917. The van der Waals surface area contributed by atoms with Gasteiger partial charge in [-0.1, -0.05) is 23.7 Å². The Bertz CT molecular complexity index is 507. The van der Waals surface area contributed by atoms with Gasteiger partial charge in [-0.3, -0.25) is 0 Å². The maximum absolute atomic E-state index is 12.5. The molecule has 1 N–H and O–H groups in total. The summed E-state index contributed by atoms with van der Waals surface area (Å²) in [4.78, 5) is 16.5. The highest BCUT2D eigenvalue weighted by atomic mass is 35.5. The number of hydrogen-bond donors (Lipinski definition) is 1. The standard InChI is InChI=1S/C17H26ClN3O2/c1-13-8-10-23-11-9-21(13)17(22)19-12-16(20(2)3)14-4-6-15(18)7-5-14/h4-7,13,16H,8-12H2,1-3H3,(H,19,22)/t13-,16-/m0/s1. The van der Waals surface area contributed by atoms with Gasteiger partial charge in [0.1, 0.15) is 0 Å². The summed E-state index contributed by atoms with van der Waals surface area (Å²) >= 11 is 5.95. The van der Waals surface area contributed by atoms with Gasteiger partial charge in [-0.15, -0.1) is 0 Å². The van der Waals surface area contributed by atoms with Gasteiger partial charge in [0.15, 0.2) is 0 Å². The van der Waals surface area contributed by atoms with E-state index in [-0.39, 0.29) is 18.1 Å². The average molecular weight is 340 g/mol. The molecule has 2 atom stereocenters. The van der Waals surface area contributed by atoms with Gasteiger partial charge in [0.2, 0.25) is 0 Å². The van der Waals surface area contributed by atoms with Crippen LogP contribution in [-0.4, -0.2) is 62.3 Å². The minimum atomic E-state index is -0.0242. The van der Waals surface area contributed by atoms with Gasteiger partial charge in [0.25, 0.3) is 0 Å². The fourth-order valence-corrected chi connectivity index (χ4v) is 2.89. The van der Waals surface area contributed by atoms with E-state index in [1.54, 1.807) is 0 Å². The summed E-state index contributed by atoms with van der Waals surface area (Å²) in [5.74, 6) is 0. The third-order valence-corrected chi connectivity index (χ3v) is 4.53. The summed E-state index contributed by atoms with van der Waals surface area (Å²) < 4.78 is 5.45. The van der Waals surface area contributed by atoms with Gasteiger partial charge in [0.05, 0.1) is 12.6 Å². The second kappa shape index (κ2) is 8.52. The van der Waals surface area contributed by atoms with Crippen LogP contribution in [0.4, 0.5) is 4.79 Å². The number of urea groups is 1. The first kappa shape index (κ1) is 18.0. The van der Waals surface area contributed by atoms with Crippen LogP contribution in [0.15, 0.2) is 24.3 Å². The normalized spacial score (nSPS) is 20.2. The highest BCUT2D eigenvalue weighted by Crippen LogP contribution is 2.20. The molecule has 23 heavy (non-hydrogen) atoms. The van der Waals surface area contributed by atoms with E-state index in [2.05, 4.69) is 17.1 Å². The highest BCUT2D eigenvalue weighted by molar-refractivity contribution is 6.30. The number of amides is 2. The van der Waals surface area contributed by atoms with Crippen molar-refractivity contribution in [2.75, 3.05) is 40.4 Å². The molecule has 0 radical (unpaired) electrons. The minimum Gasteiger partial charge on any atom is -0.380 e. The third kappa shape index (κ3) is 5.09. The molecule has 0 aromatic heterocycles. The van der Waals surface area contributed by atoms with E-state index in [0.29, 0.717) is 24.7 Å². The van der Waals surface area contributed by atoms with Gasteiger partial charge in [-0.2, -0.15) is 0 Å². The summed E-state index contributed by atoms with van der Waals surface area (Å²) in [5, 5.41) is 3.78. The third-order valence-electron chi connectivity index (χ3n) is 4.27. The van der Waals surface area contributed by atoms with Gasteiger partial charge < -0.3 is 19.9 Å². The Balaban J connectivity index is 1.98. The number of likely N-dealkylation sites (N-methyl/N-ethyl adjacent to an activating group) is 1. The lowest BCUT2D eigenvalue weighted by Crippen LogP contribution is -2.47. The maximum Gasteiger partial charge on any atom is 0.317 e. The molecule has 1 aromatic rings. The van der Waals surface area contributed by atoms with Crippen LogP contribution in [0.1, 0.15) is 24.9 Å². The number of carbonyl (C=O) groups is 1. The molecular weight excluding hydrogens is 314 g/mol. The molecule has 0 unspecified atom stereocenters. The van der Waals surface area contributed by atoms with Crippen molar-refractivity contribution in [3.05, 3.63) is 34.9 Å². The van der Waals surface area contributed by atoms with Crippen molar-refractivity contribution >= 4 is 17.6 Å². The zero-order valence-electron chi connectivity index (χ0n) is 14.1. The van der Waals surface area contributed by atoms with Crippen molar-refractivity contribution in [2.24, 2.45) is 0 Å². The Labute approximate surface area is 143 Å². The number of benzene rings is 1. The smallest absolute Gasteiger partial charge is 0.317 e. The number of rotatable bonds is 4. The van der Waals surface area contributed by atoms with Crippen LogP contribution in [0.25, 0.3) is 0 Å². The van der Waals surface area contributed by atoms with E-state index in [1.165, 1.54) is 0 Å². The van der Waals surface area contributed by atoms with Crippen molar-refractivity contribution in [1.82, 2.24) is 15.1 Å². The van der Waals surface area contributed by atoms with Crippen molar-refractivity contribution < 1.29 is 9.53 Å². The molecule has 1 aliphatic rings. The predicted molar refractivity (Wildman–Crippen MR) is 92.9 cm³/mol. The lowest BCUT2D eigenvalue weighted by atomic mass is 10.1. The van der Waals surface area contributed by atoms with Crippen molar-refractivity contribution in [3.8, 4) is 0 Å². The summed E-state index contributed by atoms with van der Waals surface area (Å²) in [6.45, 7) is 4.58. The molecule has 0 bridgehead atoms. The Kier molecular flexibility index (Phi) is 6.69. The lowest BCUT2D eigenvalue weighted by molar-refractivity contribution is 0.141. The molecule has 128 valence electrons. The van der Waals surface area contributed by atoms with E-state index in [1.807, 2.05) is 43.3 Å². The number of hydrogen-bond acceptors (Lipinski definition) is 3. The maximum atomic E-state index is 12.5. The summed E-state index contributed by atoms with van der Waals surface area (Å²) in [6, 6.07) is 8.04. The van der Waals surface area contributed by atoms with Crippen LogP contribution in [0.5, 0.6) is 0 Å². The molecule has 0 spiro atoms. The Morgan fingerprint density at radius 2 is 2.09 bits per heavy atom. The predicted octanol–water partition coefficient (Wildman–Crippen LogP) is 2.76. The number of ether oxygens (including phenoxy) is 1. The monoisotopic (exact) mass is 339 g/mol. The van der Waals surface area contributed by atoms with E-state index in [4.69, 9.17) is 16.3 Å². The van der Waals surface area contributed by atoms with Gasteiger partial charge in [-0.05, 0) is 45.1 Å². The van der Waals surface area contributed by atoms with E-state index < -0.39 is 0 Å². The van der Waals surface area contributed by atoms with Gasteiger partial charge in [0, 0.05) is 30.8 Å². The zero-order chi connectivity index (χ0) is 16.8. The molecule has 2 rings (SSSR count). The topological polar surface area (TPSA) is 44.8 Å². The molecule has 5 nitrogen and oxygen atoms in total. The lowest BCUT2D eigenvalue weighted by Gasteiger charge is -2.29. The number of nitrogens with zero attached hydrogens (tertiary/aromatic N) is 2. The zero-order valence-corrected chi connectivity index (χ0v) is 14.8. The first-order valence-electron chi connectivity index (χ1n) is 8.03. The van der Waals surface area contributed by atoms with Gasteiger partial charge in [-0.25, -0.2) is 4.79 Å². The van der Waals surface area contributed by atoms with Crippen molar-refractivity contribution in [1.29, 1.82) is 0 Å². The Hall–Kier alpha value is -1.30. The van der Waals surface area contributed by atoms with Crippen LogP contribution in [0.2, 0.25) is 5.02 Å². The second-order valence-electron chi connectivity index (χ2n) is 6.16. The van der Waals surface area contributed by atoms with E-state index in [9.17, 15) is 4.79 Å². The molecule has 2 amide bonds. The highest BCUT2D eigenvalue weighted by Gasteiger charge is 2.23. The second-order valence-corrected chi connectivity index (χ2v) is 6.60. The number of nitrogens with one attached hydrogen (secondary N) is 1. The van der Waals surface area contributed by atoms with Crippen LogP contribution >= 0.6 is 11.6 Å². The van der Waals surface area contributed by atoms with Gasteiger partial charge >= 0.3 is 6.03 Å². The minimum absolute atomic E-state index is 0.0242. The van der Waals surface area contributed by atoms with E-state index in [0.717, 1.165) is 18.6 Å². The number of halogens is 1. The van der Waals surface area contributed by atoms with Crippen LogP contribution < -0.4 is 5.32 Å². The van der Waals surface area contributed by atoms with Crippen molar-refractivity contribution in [3.63, 3.8) is 0 Å². The van der Waals surface area contributed by atoms with Crippen LogP contribution in [0, 0.1) is 0 Å². The largest absolute Gasteiger partial charge is 0.380 e. The first-order chi connectivity index (χ1) is 11.0. The Morgan fingerprint density at radius 1 is 1.39 bits per heavy atom. The molecule has 1 fully saturated rings. The SMILES string of the molecule is C[C@H]1CCOCCN1C(=O)NC[C@@H](c1ccc(Cl)cc1)N(C)C. The van der Waals surface area contributed by atoms with Crippen LogP contribution in [0.3, 0.4) is 0 Å². The molecule has 0 saturated carbocycles.